The Bertz CT molecular complexity index is 595. The van der Waals surface area contributed by atoms with Gasteiger partial charge in [-0.05, 0) is 81.6 Å². The van der Waals surface area contributed by atoms with Crippen LogP contribution in [0.15, 0.2) is 6.07 Å². The molecule has 24 heavy (non-hydrogen) atoms. The van der Waals surface area contributed by atoms with Crippen LogP contribution in [0.4, 0.5) is 0 Å². The van der Waals surface area contributed by atoms with E-state index in [0.29, 0.717) is 0 Å². The number of aliphatic carboxylic acids is 1. The number of piperidine rings is 1. The van der Waals surface area contributed by atoms with Crippen LogP contribution in [0.1, 0.15) is 48.2 Å². The van der Waals surface area contributed by atoms with Crippen LogP contribution in [0, 0.1) is 12.8 Å². The van der Waals surface area contributed by atoms with Crippen LogP contribution in [0.5, 0.6) is 0 Å². The Morgan fingerprint density at radius 1 is 1.38 bits per heavy atom. The largest absolute Gasteiger partial charge is 0.479 e. The zero-order valence-electron chi connectivity index (χ0n) is 14.8. The summed E-state index contributed by atoms with van der Waals surface area (Å²) in [5, 5.41) is 9.24. The smallest absolute Gasteiger partial charge is 0.333 e. The number of aryl methyl sites for hydroxylation is 2. The molecule has 1 fully saturated rings. The Hall–Kier alpha value is -1.46. The lowest BCUT2D eigenvalue weighted by atomic mass is 9.89. The summed E-state index contributed by atoms with van der Waals surface area (Å²) in [4.78, 5) is 18.4. The van der Waals surface area contributed by atoms with E-state index in [1.807, 2.05) is 0 Å². The Morgan fingerprint density at radius 2 is 2.08 bits per heavy atom. The predicted molar refractivity (Wildman–Crippen MR) is 92.0 cm³/mol. The number of ether oxygens (including phenoxy) is 1. The van der Waals surface area contributed by atoms with Crippen molar-refractivity contribution in [1.29, 1.82) is 0 Å². The standard InChI is InChI=1S/C19H28N2O3/c1-13-11-15(16-5-3-4-6-17(16)20-13)12-21-9-7-14(8-10-21)18(24-2)19(22)23/h11,14,18H,3-10,12H2,1-2H3,(H,22,23). The van der Waals surface area contributed by atoms with E-state index in [1.54, 1.807) is 0 Å². The van der Waals surface area contributed by atoms with Crippen LogP contribution in [0.3, 0.4) is 0 Å². The number of hydrogen-bond donors (Lipinski definition) is 1. The molecule has 0 spiro atoms. The first-order chi connectivity index (χ1) is 11.6. The SMILES string of the molecule is COC(C(=O)O)C1CCN(Cc2cc(C)nc3c2CCCC3)CC1. The van der Waals surface area contributed by atoms with Crippen molar-refractivity contribution < 1.29 is 14.6 Å². The van der Waals surface area contributed by atoms with Crippen molar-refractivity contribution in [3.05, 3.63) is 28.6 Å². The molecule has 0 radical (unpaired) electrons. The Kier molecular flexibility index (Phi) is 5.51. The summed E-state index contributed by atoms with van der Waals surface area (Å²) in [7, 11) is 1.50. The minimum atomic E-state index is -0.838. The van der Waals surface area contributed by atoms with E-state index >= 15 is 0 Å². The summed E-state index contributed by atoms with van der Waals surface area (Å²) in [6, 6.07) is 2.24. The fourth-order valence-corrected chi connectivity index (χ4v) is 4.23. The highest BCUT2D eigenvalue weighted by molar-refractivity contribution is 5.72. The maximum atomic E-state index is 11.3. The molecule has 132 valence electrons. The molecule has 3 rings (SSSR count). The molecule has 1 aromatic heterocycles. The van der Waals surface area contributed by atoms with Crippen LogP contribution >= 0.6 is 0 Å². The fourth-order valence-electron chi connectivity index (χ4n) is 4.23. The molecule has 0 aromatic carbocycles. The highest BCUT2D eigenvalue weighted by atomic mass is 16.5. The molecular weight excluding hydrogens is 304 g/mol. The fraction of sp³-hybridized carbons (Fsp3) is 0.684. The quantitative estimate of drug-likeness (QED) is 0.898. The molecule has 5 heteroatoms. The number of nitrogens with zero attached hydrogens (tertiary/aromatic N) is 2. The Morgan fingerprint density at radius 3 is 2.75 bits per heavy atom. The van der Waals surface area contributed by atoms with E-state index in [0.717, 1.165) is 51.0 Å². The number of hydrogen-bond acceptors (Lipinski definition) is 4. The van der Waals surface area contributed by atoms with E-state index in [4.69, 9.17) is 9.72 Å². The average Bonchev–Trinajstić information content (AvgIpc) is 2.56. The molecule has 1 unspecified atom stereocenters. The molecule has 0 saturated carbocycles. The summed E-state index contributed by atoms with van der Waals surface area (Å²) in [5.41, 5.74) is 5.31. The zero-order valence-corrected chi connectivity index (χ0v) is 14.8. The van der Waals surface area contributed by atoms with E-state index in [2.05, 4.69) is 17.9 Å². The molecule has 1 aliphatic heterocycles. The first-order valence-electron chi connectivity index (χ1n) is 9.04. The third-order valence-corrected chi connectivity index (χ3v) is 5.47. The van der Waals surface area contributed by atoms with Gasteiger partial charge in [0.2, 0.25) is 0 Å². The number of aromatic nitrogens is 1. The van der Waals surface area contributed by atoms with Gasteiger partial charge in [-0.1, -0.05) is 0 Å². The molecule has 5 nitrogen and oxygen atoms in total. The normalized spacial score (nSPS) is 20.6. The Labute approximate surface area is 144 Å². The van der Waals surface area contributed by atoms with Gasteiger partial charge in [-0.25, -0.2) is 4.79 Å². The van der Waals surface area contributed by atoms with Crippen molar-refractivity contribution in [2.75, 3.05) is 20.2 Å². The lowest BCUT2D eigenvalue weighted by Gasteiger charge is -2.34. The van der Waals surface area contributed by atoms with Gasteiger partial charge in [0.05, 0.1) is 0 Å². The van der Waals surface area contributed by atoms with Gasteiger partial charge in [-0.3, -0.25) is 9.88 Å². The molecule has 2 aliphatic rings. The average molecular weight is 332 g/mol. The van der Waals surface area contributed by atoms with Gasteiger partial charge in [-0.15, -0.1) is 0 Å². The van der Waals surface area contributed by atoms with Crippen LogP contribution in [-0.4, -0.2) is 47.3 Å². The van der Waals surface area contributed by atoms with Gasteiger partial charge < -0.3 is 9.84 Å². The molecule has 1 saturated heterocycles. The van der Waals surface area contributed by atoms with Crippen molar-refractivity contribution in [3.8, 4) is 0 Å². The van der Waals surface area contributed by atoms with Gasteiger partial charge in [-0.2, -0.15) is 0 Å². The number of pyridine rings is 1. The minimum Gasteiger partial charge on any atom is -0.479 e. The van der Waals surface area contributed by atoms with E-state index in [1.165, 1.54) is 36.8 Å². The van der Waals surface area contributed by atoms with Gasteiger partial charge in [0.1, 0.15) is 0 Å². The maximum absolute atomic E-state index is 11.3. The maximum Gasteiger partial charge on any atom is 0.333 e. The number of carboxylic acids is 1. The second kappa shape index (κ2) is 7.62. The van der Waals surface area contributed by atoms with E-state index in [-0.39, 0.29) is 5.92 Å². The van der Waals surface area contributed by atoms with E-state index in [9.17, 15) is 9.90 Å². The summed E-state index contributed by atoms with van der Waals surface area (Å²) in [6.07, 6.45) is 5.89. The number of methoxy groups -OCH3 is 1. The van der Waals surface area contributed by atoms with Crippen LogP contribution in [-0.2, 0) is 28.9 Å². The van der Waals surface area contributed by atoms with Gasteiger partial charge >= 0.3 is 5.97 Å². The van der Waals surface area contributed by atoms with Crippen LogP contribution < -0.4 is 0 Å². The number of likely N-dealkylation sites (tertiary alicyclic amines) is 1. The summed E-state index contributed by atoms with van der Waals surface area (Å²) < 4.78 is 5.17. The Balaban J connectivity index is 1.64. The molecule has 0 bridgehead atoms. The lowest BCUT2D eigenvalue weighted by Crippen LogP contribution is -2.41. The molecule has 1 N–H and O–H groups in total. The number of rotatable bonds is 5. The second-order valence-electron chi connectivity index (χ2n) is 7.16. The third-order valence-electron chi connectivity index (χ3n) is 5.47. The third kappa shape index (κ3) is 3.78. The second-order valence-corrected chi connectivity index (χ2v) is 7.16. The topological polar surface area (TPSA) is 62.7 Å². The molecule has 1 aliphatic carbocycles. The molecule has 0 amide bonds. The molecule has 1 atom stereocenters. The first kappa shape index (κ1) is 17.4. The number of carboxylic acid groups (broad SMARTS) is 1. The summed E-state index contributed by atoms with van der Waals surface area (Å²) in [5.74, 6) is -0.716. The van der Waals surface area contributed by atoms with Crippen LogP contribution in [0.2, 0.25) is 0 Å². The van der Waals surface area contributed by atoms with Crippen molar-refractivity contribution in [2.45, 2.75) is 58.1 Å². The monoisotopic (exact) mass is 332 g/mol. The van der Waals surface area contributed by atoms with Crippen molar-refractivity contribution in [3.63, 3.8) is 0 Å². The van der Waals surface area contributed by atoms with Crippen molar-refractivity contribution in [1.82, 2.24) is 9.88 Å². The minimum absolute atomic E-state index is 0.122. The highest BCUT2D eigenvalue weighted by Crippen LogP contribution is 2.28. The summed E-state index contributed by atoms with van der Waals surface area (Å²) in [6.45, 7) is 4.92. The molecular formula is C19H28N2O3. The molecule has 2 heterocycles. The zero-order chi connectivity index (χ0) is 17.1. The summed E-state index contributed by atoms with van der Waals surface area (Å²) >= 11 is 0. The van der Waals surface area contributed by atoms with Crippen molar-refractivity contribution >= 4 is 5.97 Å². The van der Waals surface area contributed by atoms with Crippen LogP contribution in [0.25, 0.3) is 0 Å². The number of carbonyl (C=O) groups is 1. The van der Waals surface area contributed by atoms with Gasteiger partial charge in [0.25, 0.3) is 0 Å². The molecule has 1 aromatic rings. The lowest BCUT2D eigenvalue weighted by molar-refractivity contribution is -0.153. The van der Waals surface area contributed by atoms with Gasteiger partial charge in [0, 0.05) is 25.0 Å². The van der Waals surface area contributed by atoms with Gasteiger partial charge in [0.15, 0.2) is 6.10 Å². The predicted octanol–water partition coefficient (Wildman–Crippen LogP) is 2.58. The highest BCUT2D eigenvalue weighted by Gasteiger charge is 2.31. The van der Waals surface area contributed by atoms with E-state index < -0.39 is 12.1 Å². The number of fused-ring (bicyclic) bond motifs is 1. The first-order valence-corrected chi connectivity index (χ1v) is 9.04. The van der Waals surface area contributed by atoms with Crippen molar-refractivity contribution in [2.24, 2.45) is 5.92 Å².